The summed E-state index contributed by atoms with van der Waals surface area (Å²) in [6.45, 7) is 7.12. The molecular weight excluding hydrogens is 402 g/mol. The number of ether oxygens (including phenoxy) is 2. The molecule has 0 unspecified atom stereocenters. The van der Waals surface area contributed by atoms with Gasteiger partial charge in [0.05, 0.1) is 25.9 Å². The van der Waals surface area contributed by atoms with Crippen LogP contribution in [-0.2, 0) is 26.3 Å². The molecule has 1 aromatic heterocycles. The normalized spacial score (nSPS) is 16.9. The van der Waals surface area contributed by atoms with Crippen LogP contribution in [-0.4, -0.2) is 42.8 Å². The maximum atomic E-state index is 12.5. The fourth-order valence-electron chi connectivity index (χ4n) is 3.45. The van der Waals surface area contributed by atoms with E-state index in [9.17, 15) is 9.59 Å². The van der Waals surface area contributed by atoms with Crippen molar-refractivity contribution < 1.29 is 24.2 Å². The van der Waals surface area contributed by atoms with E-state index in [-0.39, 0.29) is 30.6 Å². The minimum absolute atomic E-state index is 0.00642. The van der Waals surface area contributed by atoms with Gasteiger partial charge in [0.25, 0.3) is 0 Å². The number of esters is 1. The van der Waals surface area contributed by atoms with Crippen LogP contribution < -0.4 is 4.90 Å². The Morgan fingerprint density at radius 2 is 1.93 bits per heavy atom. The van der Waals surface area contributed by atoms with E-state index >= 15 is 0 Å². The van der Waals surface area contributed by atoms with Crippen molar-refractivity contribution in [3.63, 3.8) is 0 Å². The van der Waals surface area contributed by atoms with Crippen molar-refractivity contribution in [3.05, 3.63) is 51.7 Å². The quantitative estimate of drug-likeness (QED) is 0.642. The van der Waals surface area contributed by atoms with Gasteiger partial charge in [0.2, 0.25) is 5.91 Å². The first kappa shape index (κ1) is 22.5. The number of nitrogens with zero attached hydrogens (tertiary/aromatic N) is 1. The fourth-order valence-corrected chi connectivity index (χ4v) is 4.29. The van der Waals surface area contributed by atoms with Crippen molar-refractivity contribution in [1.82, 2.24) is 0 Å². The van der Waals surface area contributed by atoms with Gasteiger partial charge >= 0.3 is 5.97 Å². The molecule has 0 spiro atoms. The predicted molar refractivity (Wildman–Crippen MR) is 117 cm³/mol. The van der Waals surface area contributed by atoms with Gasteiger partial charge in [0.15, 0.2) is 0 Å². The number of carbonyl (C=O) groups excluding carboxylic acids is 2. The first-order valence-electron chi connectivity index (χ1n) is 10.2. The van der Waals surface area contributed by atoms with E-state index in [1.165, 1.54) is 16.9 Å². The third-order valence-corrected chi connectivity index (χ3v) is 6.12. The highest BCUT2D eigenvalue weighted by Gasteiger charge is 2.32. The Kier molecular flexibility index (Phi) is 7.28. The summed E-state index contributed by atoms with van der Waals surface area (Å²) < 4.78 is 10.8. The molecule has 1 aliphatic heterocycles. The number of rotatable bonds is 8. The molecule has 1 N–H and O–H groups in total. The number of benzene rings is 1. The lowest BCUT2D eigenvalue weighted by molar-refractivity contribution is -0.117. The number of aliphatic hydroxyl groups excluding tert-OH is 1. The van der Waals surface area contributed by atoms with Crippen molar-refractivity contribution >= 4 is 28.9 Å². The van der Waals surface area contributed by atoms with Gasteiger partial charge in [-0.3, -0.25) is 4.79 Å². The van der Waals surface area contributed by atoms with Crippen LogP contribution in [0.2, 0.25) is 0 Å². The molecule has 7 heteroatoms. The minimum atomic E-state index is -0.438. The lowest BCUT2D eigenvalue weighted by atomic mass is 9.87. The zero-order valence-electron chi connectivity index (χ0n) is 17.7. The van der Waals surface area contributed by atoms with Crippen LogP contribution >= 0.6 is 11.3 Å². The maximum absolute atomic E-state index is 12.5. The van der Waals surface area contributed by atoms with E-state index in [0.29, 0.717) is 24.5 Å². The van der Waals surface area contributed by atoms with Crippen molar-refractivity contribution in [2.45, 2.75) is 51.7 Å². The van der Waals surface area contributed by atoms with E-state index < -0.39 is 5.97 Å². The molecule has 1 fully saturated rings. The van der Waals surface area contributed by atoms with Gasteiger partial charge < -0.3 is 19.5 Å². The number of hydrogen-bond acceptors (Lipinski definition) is 6. The van der Waals surface area contributed by atoms with Crippen molar-refractivity contribution in [2.75, 3.05) is 24.7 Å². The monoisotopic (exact) mass is 431 g/mol. The molecular formula is C23H29NO5S. The number of anilines is 1. The highest BCUT2D eigenvalue weighted by molar-refractivity contribution is 7.13. The van der Waals surface area contributed by atoms with Gasteiger partial charge in [0.1, 0.15) is 11.5 Å². The van der Waals surface area contributed by atoms with Crippen LogP contribution in [0.15, 0.2) is 36.4 Å². The van der Waals surface area contributed by atoms with Crippen LogP contribution in [0.4, 0.5) is 5.69 Å². The average molecular weight is 432 g/mol. The van der Waals surface area contributed by atoms with E-state index in [4.69, 9.17) is 14.6 Å². The molecule has 30 heavy (non-hydrogen) atoms. The van der Waals surface area contributed by atoms with Crippen molar-refractivity contribution in [2.24, 2.45) is 0 Å². The topological polar surface area (TPSA) is 76.1 Å². The Hall–Kier alpha value is -2.22. The second-order valence-corrected chi connectivity index (χ2v) is 9.56. The van der Waals surface area contributed by atoms with Gasteiger partial charge in [-0.1, -0.05) is 32.9 Å². The van der Waals surface area contributed by atoms with E-state index in [1.54, 1.807) is 6.07 Å². The van der Waals surface area contributed by atoms with Crippen LogP contribution in [0.25, 0.3) is 0 Å². The molecule has 6 nitrogen and oxygen atoms in total. The molecule has 0 bridgehead atoms. The third-order valence-electron chi connectivity index (χ3n) is 5.08. The predicted octanol–water partition coefficient (Wildman–Crippen LogP) is 3.91. The molecule has 0 saturated carbocycles. The molecule has 162 valence electrons. The van der Waals surface area contributed by atoms with Crippen LogP contribution in [0.3, 0.4) is 0 Å². The van der Waals surface area contributed by atoms with Gasteiger partial charge in [-0.05, 0) is 41.7 Å². The third kappa shape index (κ3) is 5.47. The summed E-state index contributed by atoms with van der Waals surface area (Å²) in [6.07, 6.45) is 1.29. The Morgan fingerprint density at radius 1 is 1.20 bits per heavy atom. The molecule has 0 radical (unpaired) electrons. The first-order chi connectivity index (χ1) is 14.3. The average Bonchev–Trinajstić information content (AvgIpc) is 3.32. The summed E-state index contributed by atoms with van der Waals surface area (Å²) in [7, 11) is 0. The standard InChI is InChI=1S/C23H29NO5S/c1-23(2,3)16-4-6-17(7-5-16)24-18(8-11-21(24)26)14-28-15-19-9-10-20(30-19)22(27)29-13-12-25/h4-7,9-10,18,25H,8,11-15H2,1-3H3/t18-/m0/s1. The highest BCUT2D eigenvalue weighted by Crippen LogP contribution is 2.30. The maximum Gasteiger partial charge on any atom is 0.348 e. The first-order valence-corrected chi connectivity index (χ1v) is 11.0. The second kappa shape index (κ2) is 9.73. The lowest BCUT2D eigenvalue weighted by Gasteiger charge is -2.26. The molecule has 1 amide bonds. The van der Waals surface area contributed by atoms with Gasteiger partial charge in [-0.15, -0.1) is 11.3 Å². The SMILES string of the molecule is CC(C)(C)c1ccc(N2C(=O)CC[C@H]2COCc2ccc(C(=O)OCCO)s2)cc1. The zero-order valence-corrected chi connectivity index (χ0v) is 18.5. The minimum Gasteiger partial charge on any atom is -0.459 e. The van der Waals surface area contributed by atoms with Crippen molar-refractivity contribution in [3.8, 4) is 0 Å². The summed E-state index contributed by atoms with van der Waals surface area (Å²) in [5, 5.41) is 8.74. The van der Waals surface area contributed by atoms with E-state index in [2.05, 4.69) is 32.9 Å². The lowest BCUT2D eigenvalue weighted by Crippen LogP contribution is -2.36. The number of aliphatic hydroxyl groups is 1. The molecule has 0 aliphatic carbocycles. The summed E-state index contributed by atoms with van der Waals surface area (Å²) >= 11 is 1.31. The Balaban J connectivity index is 1.57. The molecule has 2 aromatic rings. The van der Waals surface area contributed by atoms with Gasteiger partial charge in [0, 0.05) is 17.0 Å². The van der Waals surface area contributed by atoms with Crippen LogP contribution in [0, 0.1) is 0 Å². The highest BCUT2D eigenvalue weighted by atomic mass is 32.1. The number of carbonyl (C=O) groups is 2. The molecule has 1 aromatic carbocycles. The molecule has 1 atom stereocenters. The van der Waals surface area contributed by atoms with E-state index in [0.717, 1.165) is 17.0 Å². The van der Waals surface area contributed by atoms with Gasteiger partial charge in [-0.2, -0.15) is 0 Å². The second-order valence-electron chi connectivity index (χ2n) is 8.39. The summed E-state index contributed by atoms with van der Waals surface area (Å²) in [5.41, 5.74) is 2.21. The largest absolute Gasteiger partial charge is 0.459 e. The number of thiophene rings is 1. The molecule has 1 aliphatic rings. The van der Waals surface area contributed by atoms with Crippen LogP contribution in [0.1, 0.15) is 53.7 Å². The number of hydrogen-bond donors (Lipinski definition) is 1. The fraction of sp³-hybridized carbons (Fsp3) is 0.478. The summed E-state index contributed by atoms with van der Waals surface area (Å²) in [4.78, 5) is 27.5. The molecule has 3 rings (SSSR count). The zero-order chi connectivity index (χ0) is 21.7. The summed E-state index contributed by atoms with van der Waals surface area (Å²) in [6, 6.07) is 11.7. The number of amides is 1. The van der Waals surface area contributed by atoms with Crippen LogP contribution in [0.5, 0.6) is 0 Å². The van der Waals surface area contributed by atoms with Crippen molar-refractivity contribution in [1.29, 1.82) is 0 Å². The Bertz CT molecular complexity index is 868. The Labute approximate surface area is 181 Å². The molecule has 1 saturated heterocycles. The smallest absolute Gasteiger partial charge is 0.348 e. The summed E-state index contributed by atoms with van der Waals surface area (Å²) in [5.74, 6) is -0.316. The molecule has 2 heterocycles. The van der Waals surface area contributed by atoms with Gasteiger partial charge in [-0.25, -0.2) is 4.79 Å². The van der Waals surface area contributed by atoms with E-state index in [1.807, 2.05) is 23.1 Å². The Morgan fingerprint density at radius 3 is 2.60 bits per heavy atom.